The standard InChI is InChI=1S/C6H7N3O2/c7-3-4(5(8)10)6-9-1-2-11-6/h9H,1-2H2,(H2,8,10). The summed E-state index contributed by atoms with van der Waals surface area (Å²) in [7, 11) is 0. The molecule has 0 aromatic carbocycles. The van der Waals surface area contributed by atoms with Gasteiger partial charge in [0.1, 0.15) is 12.7 Å². The van der Waals surface area contributed by atoms with Crippen molar-refractivity contribution in [3.05, 3.63) is 11.5 Å². The second-order valence-corrected chi connectivity index (χ2v) is 1.96. The molecule has 3 N–H and O–H groups in total. The van der Waals surface area contributed by atoms with E-state index in [2.05, 4.69) is 5.32 Å². The summed E-state index contributed by atoms with van der Waals surface area (Å²) in [6, 6.07) is 1.66. The Labute approximate surface area is 63.4 Å². The van der Waals surface area contributed by atoms with E-state index < -0.39 is 5.91 Å². The molecular weight excluding hydrogens is 146 g/mol. The maximum Gasteiger partial charge on any atom is 0.264 e. The molecule has 1 amide bonds. The van der Waals surface area contributed by atoms with E-state index in [1.54, 1.807) is 6.07 Å². The fourth-order valence-corrected chi connectivity index (χ4v) is 0.747. The van der Waals surface area contributed by atoms with Crippen molar-refractivity contribution < 1.29 is 9.53 Å². The monoisotopic (exact) mass is 153 g/mol. The van der Waals surface area contributed by atoms with Crippen molar-refractivity contribution in [2.75, 3.05) is 13.2 Å². The second-order valence-electron chi connectivity index (χ2n) is 1.96. The van der Waals surface area contributed by atoms with Crippen LogP contribution in [0, 0.1) is 11.3 Å². The van der Waals surface area contributed by atoms with Gasteiger partial charge >= 0.3 is 0 Å². The van der Waals surface area contributed by atoms with Gasteiger partial charge in [0.2, 0.25) is 5.88 Å². The molecule has 0 aromatic heterocycles. The Bertz CT molecular complexity index is 243. The van der Waals surface area contributed by atoms with E-state index in [4.69, 9.17) is 15.7 Å². The summed E-state index contributed by atoms with van der Waals surface area (Å²) in [6.07, 6.45) is 0. The molecule has 1 rings (SSSR count). The number of carbonyl (C=O) groups is 1. The minimum absolute atomic E-state index is 0.150. The van der Waals surface area contributed by atoms with Gasteiger partial charge in [-0.3, -0.25) is 4.79 Å². The zero-order chi connectivity index (χ0) is 8.27. The first-order chi connectivity index (χ1) is 5.25. The SMILES string of the molecule is N#CC(C(N)=O)=C1NCCO1. The van der Waals surface area contributed by atoms with Crippen molar-refractivity contribution in [1.29, 1.82) is 5.26 Å². The van der Waals surface area contributed by atoms with Crippen LogP contribution in [0.5, 0.6) is 0 Å². The summed E-state index contributed by atoms with van der Waals surface area (Å²) in [6.45, 7) is 1.07. The molecule has 0 atom stereocenters. The Morgan fingerprint density at radius 1 is 1.82 bits per heavy atom. The number of rotatable bonds is 1. The van der Waals surface area contributed by atoms with E-state index in [1.807, 2.05) is 0 Å². The highest BCUT2D eigenvalue weighted by atomic mass is 16.5. The molecule has 5 nitrogen and oxygen atoms in total. The lowest BCUT2D eigenvalue weighted by Gasteiger charge is -1.98. The van der Waals surface area contributed by atoms with E-state index >= 15 is 0 Å². The smallest absolute Gasteiger partial charge is 0.264 e. The largest absolute Gasteiger partial charge is 0.476 e. The van der Waals surface area contributed by atoms with Crippen LogP contribution in [-0.2, 0) is 9.53 Å². The van der Waals surface area contributed by atoms with E-state index in [-0.39, 0.29) is 11.5 Å². The number of carbonyl (C=O) groups excluding carboxylic acids is 1. The van der Waals surface area contributed by atoms with Gasteiger partial charge in [0.05, 0.1) is 6.54 Å². The van der Waals surface area contributed by atoms with E-state index in [9.17, 15) is 4.79 Å². The summed E-state index contributed by atoms with van der Waals surface area (Å²) < 4.78 is 4.91. The Morgan fingerprint density at radius 2 is 2.55 bits per heavy atom. The fourth-order valence-electron chi connectivity index (χ4n) is 0.747. The number of nitrogens with zero attached hydrogens (tertiary/aromatic N) is 1. The predicted molar refractivity (Wildman–Crippen MR) is 35.8 cm³/mol. The van der Waals surface area contributed by atoms with Crippen LogP contribution in [0.4, 0.5) is 0 Å². The number of primary amides is 1. The molecule has 0 aromatic rings. The Kier molecular flexibility index (Phi) is 1.97. The first-order valence-electron chi connectivity index (χ1n) is 3.06. The van der Waals surface area contributed by atoms with Crippen molar-refractivity contribution in [1.82, 2.24) is 5.32 Å². The molecule has 1 heterocycles. The number of nitrogens with two attached hydrogens (primary N) is 1. The van der Waals surface area contributed by atoms with Gasteiger partial charge in [-0.2, -0.15) is 5.26 Å². The van der Waals surface area contributed by atoms with Crippen molar-refractivity contribution in [3.8, 4) is 6.07 Å². The third kappa shape index (κ3) is 1.41. The van der Waals surface area contributed by atoms with Crippen LogP contribution in [0.1, 0.15) is 0 Å². The van der Waals surface area contributed by atoms with E-state index in [0.717, 1.165) is 0 Å². The molecule has 0 saturated carbocycles. The fraction of sp³-hybridized carbons (Fsp3) is 0.333. The average Bonchev–Trinajstić information content (AvgIpc) is 2.40. The third-order valence-corrected chi connectivity index (χ3v) is 1.22. The molecule has 0 aliphatic carbocycles. The molecule has 0 unspecified atom stereocenters. The maximum atomic E-state index is 10.5. The van der Waals surface area contributed by atoms with E-state index in [1.165, 1.54) is 0 Å². The Balaban J connectivity index is 2.90. The van der Waals surface area contributed by atoms with Crippen LogP contribution in [-0.4, -0.2) is 19.1 Å². The first kappa shape index (κ1) is 7.41. The highest BCUT2D eigenvalue weighted by Crippen LogP contribution is 2.05. The number of hydrogen-bond acceptors (Lipinski definition) is 4. The van der Waals surface area contributed by atoms with Gasteiger partial charge in [0, 0.05) is 0 Å². The maximum absolute atomic E-state index is 10.5. The van der Waals surface area contributed by atoms with Crippen molar-refractivity contribution in [2.24, 2.45) is 5.73 Å². The van der Waals surface area contributed by atoms with E-state index in [0.29, 0.717) is 13.2 Å². The van der Waals surface area contributed by atoms with Crippen LogP contribution in [0.3, 0.4) is 0 Å². The van der Waals surface area contributed by atoms with Crippen molar-refractivity contribution >= 4 is 5.91 Å². The van der Waals surface area contributed by atoms with Crippen LogP contribution in [0.2, 0.25) is 0 Å². The van der Waals surface area contributed by atoms with Gasteiger partial charge in [0.15, 0.2) is 5.57 Å². The summed E-state index contributed by atoms with van der Waals surface area (Å²) in [5, 5.41) is 11.2. The van der Waals surface area contributed by atoms with Gasteiger partial charge in [-0.25, -0.2) is 0 Å². The highest BCUT2D eigenvalue weighted by molar-refractivity contribution is 5.96. The molecular formula is C6H7N3O2. The summed E-state index contributed by atoms with van der Waals surface area (Å²) in [5.41, 5.74) is 4.74. The lowest BCUT2D eigenvalue weighted by molar-refractivity contribution is -0.114. The van der Waals surface area contributed by atoms with Crippen LogP contribution in [0.25, 0.3) is 0 Å². The van der Waals surface area contributed by atoms with Crippen molar-refractivity contribution in [3.63, 3.8) is 0 Å². The molecule has 1 aliphatic heterocycles. The number of ether oxygens (including phenoxy) is 1. The quantitative estimate of drug-likeness (QED) is 0.367. The van der Waals surface area contributed by atoms with Crippen LogP contribution >= 0.6 is 0 Å². The van der Waals surface area contributed by atoms with Gasteiger partial charge in [0.25, 0.3) is 5.91 Å². The Hall–Kier alpha value is -1.70. The number of nitrogens with one attached hydrogen (secondary N) is 1. The molecule has 58 valence electrons. The molecule has 11 heavy (non-hydrogen) atoms. The average molecular weight is 153 g/mol. The summed E-state index contributed by atoms with van der Waals surface area (Å²) in [5.74, 6) is -0.572. The molecule has 1 fully saturated rings. The lowest BCUT2D eigenvalue weighted by atomic mass is 10.3. The van der Waals surface area contributed by atoms with Crippen LogP contribution in [0.15, 0.2) is 11.5 Å². The lowest BCUT2D eigenvalue weighted by Crippen LogP contribution is -2.18. The zero-order valence-electron chi connectivity index (χ0n) is 5.76. The van der Waals surface area contributed by atoms with Gasteiger partial charge in [-0.15, -0.1) is 0 Å². The summed E-state index contributed by atoms with van der Waals surface area (Å²) >= 11 is 0. The van der Waals surface area contributed by atoms with Crippen LogP contribution < -0.4 is 11.1 Å². The topological polar surface area (TPSA) is 88.1 Å². The molecule has 1 aliphatic rings. The minimum Gasteiger partial charge on any atom is -0.476 e. The predicted octanol–water partition coefficient (Wildman–Crippen LogP) is -1.17. The molecule has 0 radical (unpaired) electrons. The Morgan fingerprint density at radius 3 is 2.91 bits per heavy atom. The highest BCUT2D eigenvalue weighted by Gasteiger charge is 2.16. The molecule has 1 saturated heterocycles. The molecule has 0 spiro atoms. The second kappa shape index (κ2) is 2.92. The van der Waals surface area contributed by atoms with Gasteiger partial charge in [-0.05, 0) is 0 Å². The van der Waals surface area contributed by atoms with Gasteiger partial charge in [-0.1, -0.05) is 0 Å². The van der Waals surface area contributed by atoms with Crippen molar-refractivity contribution in [2.45, 2.75) is 0 Å². The number of amides is 1. The summed E-state index contributed by atoms with van der Waals surface area (Å²) in [4.78, 5) is 10.5. The zero-order valence-corrected chi connectivity index (χ0v) is 5.76. The third-order valence-electron chi connectivity index (χ3n) is 1.22. The number of nitriles is 1. The van der Waals surface area contributed by atoms with Gasteiger partial charge < -0.3 is 15.8 Å². The number of hydrogen-bond donors (Lipinski definition) is 2. The first-order valence-corrected chi connectivity index (χ1v) is 3.06. The molecule has 0 bridgehead atoms. The normalized spacial score (nSPS) is 19.5. The minimum atomic E-state index is -0.767. The molecule has 5 heteroatoms.